The molecule has 1 aromatic carbocycles. The Labute approximate surface area is 110 Å². The highest BCUT2D eigenvalue weighted by Crippen LogP contribution is 2.43. The van der Waals surface area contributed by atoms with Crippen LogP contribution < -0.4 is 4.74 Å². The topological polar surface area (TPSA) is 12.5 Å². The van der Waals surface area contributed by atoms with Gasteiger partial charge < -0.3 is 4.74 Å². The lowest BCUT2D eigenvalue weighted by atomic mass is 9.85. The number of piperidine rings is 1. The van der Waals surface area contributed by atoms with Gasteiger partial charge in [0.15, 0.2) is 0 Å². The molecular formula is C16H23NO. The lowest BCUT2D eigenvalue weighted by Gasteiger charge is -2.42. The Balaban J connectivity index is 1.83. The van der Waals surface area contributed by atoms with E-state index in [4.69, 9.17) is 4.74 Å². The molecule has 3 unspecified atom stereocenters. The molecule has 0 aromatic heterocycles. The van der Waals surface area contributed by atoms with E-state index in [1.54, 1.807) is 7.11 Å². The van der Waals surface area contributed by atoms with E-state index in [0.29, 0.717) is 6.04 Å². The fraction of sp³-hybridized carbons (Fsp3) is 0.625. The van der Waals surface area contributed by atoms with E-state index in [1.807, 2.05) is 6.07 Å². The van der Waals surface area contributed by atoms with Crippen molar-refractivity contribution in [3.63, 3.8) is 0 Å². The van der Waals surface area contributed by atoms with Crippen molar-refractivity contribution in [3.05, 3.63) is 29.8 Å². The fourth-order valence-electron chi connectivity index (χ4n) is 3.95. The van der Waals surface area contributed by atoms with Crippen LogP contribution in [0, 0.1) is 5.92 Å². The molecular weight excluding hydrogens is 222 g/mol. The highest BCUT2D eigenvalue weighted by atomic mass is 16.5. The molecule has 1 aliphatic heterocycles. The first-order valence-electron chi connectivity index (χ1n) is 7.15. The fourth-order valence-corrected chi connectivity index (χ4v) is 3.95. The van der Waals surface area contributed by atoms with Crippen LogP contribution in [-0.2, 0) is 0 Å². The number of nitrogens with zero attached hydrogens (tertiary/aromatic N) is 1. The van der Waals surface area contributed by atoms with Gasteiger partial charge in [-0.2, -0.15) is 0 Å². The smallest absolute Gasteiger partial charge is 0.119 e. The molecule has 3 atom stereocenters. The number of likely N-dealkylation sites (tertiary alicyclic amines) is 1. The van der Waals surface area contributed by atoms with Gasteiger partial charge in [0.05, 0.1) is 7.11 Å². The number of rotatable bonds is 2. The number of methoxy groups -OCH3 is 1. The molecule has 0 bridgehead atoms. The van der Waals surface area contributed by atoms with Crippen molar-refractivity contribution in [1.29, 1.82) is 0 Å². The van der Waals surface area contributed by atoms with E-state index in [9.17, 15) is 0 Å². The molecule has 98 valence electrons. The Hall–Kier alpha value is -1.02. The standard InChI is InChI=1S/C16H23NO/c1-17-15-8-4-5-12(15)9-10-16(17)13-6-3-7-14(11-13)18-2/h3,6-7,11-12,15-16H,4-5,8-10H2,1-2H3. The van der Waals surface area contributed by atoms with Crippen LogP contribution in [0.4, 0.5) is 0 Å². The van der Waals surface area contributed by atoms with Crippen molar-refractivity contribution < 1.29 is 4.74 Å². The van der Waals surface area contributed by atoms with Crippen molar-refractivity contribution >= 4 is 0 Å². The van der Waals surface area contributed by atoms with E-state index >= 15 is 0 Å². The first-order chi connectivity index (χ1) is 8.79. The quantitative estimate of drug-likeness (QED) is 0.789. The highest BCUT2D eigenvalue weighted by molar-refractivity contribution is 5.31. The number of hydrogen-bond donors (Lipinski definition) is 0. The molecule has 1 aromatic rings. The van der Waals surface area contributed by atoms with Crippen LogP contribution >= 0.6 is 0 Å². The maximum absolute atomic E-state index is 5.35. The summed E-state index contributed by atoms with van der Waals surface area (Å²) >= 11 is 0. The molecule has 1 aliphatic carbocycles. The van der Waals surface area contributed by atoms with E-state index < -0.39 is 0 Å². The minimum absolute atomic E-state index is 0.583. The Morgan fingerprint density at radius 2 is 2.06 bits per heavy atom. The molecule has 0 N–H and O–H groups in total. The second kappa shape index (κ2) is 4.93. The van der Waals surface area contributed by atoms with Crippen LogP contribution in [-0.4, -0.2) is 25.1 Å². The second-order valence-electron chi connectivity index (χ2n) is 5.79. The average Bonchev–Trinajstić information content (AvgIpc) is 2.88. The van der Waals surface area contributed by atoms with Crippen LogP contribution in [0.1, 0.15) is 43.7 Å². The highest BCUT2D eigenvalue weighted by Gasteiger charge is 2.38. The predicted molar refractivity (Wildman–Crippen MR) is 73.9 cm³/mol. The minimum atomic E-state index is 0.583. The van der Waals surface area contributed by atoms with Gasteiger partial charge in [-0.05, 0) is 56.3 Å². The number of benzene rings is 1. The molecule has 2 fully saturated rings. The Morgan fingerprint density at radius 1 is 1.17 bits per heavy atom. The van der Waals surface area contributed by atoms with Crippen LogP contribution in [0.15, 0.2) is 24.3 Å². The van der Waals surface area contributed by atoms with Crippen molar-refractivity contribution in [1.82, 2.24) is 4.90 Å². The summed E-state index contributed by atoms with van der Waals surface area (Å²) in [5.74, 6) is 1.94. The zero-order chi connectivity index (χ0) is 12.5. The van der Waals surface area contributed by atoms with E-state index in [-0.39, 0.29) is 0 Å². The molecule has 1 heterocycles. The van der Waals surface area contributed by atoms with Crippen LogP contribution in [0.5, 0.6) is 5.75 Å². The van der Waals surface area contributed by atoms with E-state index in [1.165, 1.54) is 37.7 Å². The van der Waals surface area contributed by atoms with Gasteiger partial charge in [0.25, 0.3) is 0 Å². The summed E-state index contributed by atoms with van der Waals surface area (Å²) in [6.07, 6.45) is 6.95. The van der Waals surface area contributed by atoms with Gasteiger partial charge in [-0.15, -0.1) is 0 Å². The van der Waals surface area contributed by atoms with Gasteiger partial charge in [-0.1, -0.05) is 18.6 Å². The third-order valence-corrected chi connectivity index (χ3v) is 4.92. The molecule has 0 spiro atoms. The van der Waals surface area contributed by atoms with Gasteiger partial charge in [0, 0.05) is 12.1 Å². The molecule has 1 saturated carbocycles. The van der Waals surface area contributed by atoms with Crippen molar-refractivity contribution in [2.75, 3.05) is 14.2 Å². The summed E-state index contributed by atoms with van der Waals surface area (Å²) in [7, 11) is 4.06. The zero-order valence-electron chi connectivity index (χ0n) is 11.4. The summed E-state index contributed by atoms with van der Waals surface area (Å²) < 4.78 is 5.35. The van der Waals surface area contributed by atoms with Crippen molar-refractivity contribution in [2.24, 2.45) is 5.92 Å². The predicted octanol–water partition coefficient (Wildman–Crippen LogP) is 3.63. The first-order valence-corrected chi connectivity index (χ1v) is 7.15. The van der Waals surface area contributed by atoms with E-state index in [0.717, 1.165) is 17.7 Å². The molecule has 0 amide bonds. The number of ether oxygens (including phenoxy) is 1. The van der Waals surface area contributed by atoms with Gasteiger partial charge in [0.2, 0.25) is 0 Å². The Morgan fingerprint density at radius 3 is 2.89 bits per heavy atom. The monoisotopic (exact) mass is 245 g/mol. The van der Waals surface area contributed by atoms with Gasteiger partial charge in [0.1, 0.15) is 5.75 Å². The maximum Gasteiger partial charge on any atom is 0.119 e. The summed E-state index contributed by atoms with van der Waals surface area (Å²) in [5, 5.41) is 0. The molecule has 0 radical (unpaired) electrons. The number of fused-ring (bicyclic) bond motifs is 1. The van der Waals surface area contributed by atoms with Gasteiger partial charge in [-0.3, -0.25) is 4.90 Å². The largest absolute Gasteiger partial charge is 0.497 e. The first kappa shape index (κ1) is 12.0. The number of hydrogen-bond acceptors (Lipinski definition) is 2. The third kappa shape index (κ3) is 2.03. The van der Waals surface area contributed by atoms with E-state index in [2.05, 4.69) is 30.1 Å². The van der Waals surface area contributed by atoms with Gasteiger partial charge >= 0.3 is 0 Å². The average molecular weight is 245 g/mol. The summed E-state index contributed by atoms with van der Waals surface area (Å²) in [5.41, 5.74) is 1.42. The Bertz CT molecular complexity index is 417. The van der Waals surface area contributed by atoms with Crippen molar-refractivity contribution in [3.8, 4) is 5.75 Å². The lowest BCUT2D eigenvalue weighted by molar-refractivity contribution is 0.0823. The SMILES string of the molecule is COc1cccc(C2CCC3CCCC3N2C)c1. The molecule has 1 saturated heterocycles. The van der Waals surface area contributed by atoms with Gasteiger partial charge in [-0.25, -0.2) is 0 Å². The van der Waals surface area contributed by atoms with Crippen LogP contribution in [0.2, 0.25) is 0 Å². The minimum Gasteiger partial charge on any atom is -0.497 e. The van der Waals surface area contributed by atoms with Crippen molar-refractivity contribution in [2.45, 2.75) is 44.2 Å². The molecule has 18 heavy (non-hydrogen) atoms. The molecule has 3 rings (SSSR count). The normalized spacial score (nSPS) is 32.2. The third-order valence-electron chi connectivity index (χ3n) is 4.92. The lowest BCUT2D eigenvalue weighted by Crippen LogP contribution is -2.41. The summed E-state index contributed by atoms with van der Waals surface area (Å²) in [6.45, 7) is 0. The molecule has 2 aliphatic rings. The van der Waals surface area contributed by atoms with Crippen LogP contribution in [0.25, 0.3) is 0 Å². The molecule has 2 heteroatoms. The summed E-state index contributed by atoms with van der Waals surface area (Å²) in [6, 6.07) is 10.00. The summed E-state index contributed by atoms with van der Waals surface area (Å²) in [4.78, 5) is 2.62. The van der Waals surface area contributed by atoms with Crippen LogP contribution in [0.3, 0.4) is 0 Å². The Kier molecular flexibility index (Phi) is 3.29. The zero-order valence-corrected chi connectivity index (χ0v) is 11.4. The second-order valence-corrected chi connectivity index (χ2v) is 5.79. The molecule has 2 nitrogen and oxygen atoms in total. The maximum atomic E-state index is 5.35.